The van der Waals surface area contributed by atoms with Gasteiger partial charge in [0.2, 0.25) is 5.91 Å². The number of likely N-dealkylation sites (tertiary alicyclic amines) is 1. The van der Waals surface area contributed by atoms with Crippen LogP contribution in [-0.2, 0) is 4.79 Å². The average molecular weight is 208 g/mol. The first-order valence-corrected chi connectivity index (χ1v) is 5.27. The van der Waals surface area contributed by atoms with Crippen LogP contribution in [0.2, 0.25) is 0 Å². The van der Waals surface area contributed by atoms with E-state index in [0.29, 0.717) is 5.69 Å². The molecule has 0 unspecified atom stereocenters. The second kappa shape index (κ2) is 3.92. The molecule has 1 amide bonds. The van der Waals surface area contributed by atoms with E-state index in [2.05, 4.69) is 5.10 Å². The first-order valence-electron chi connectivity index (χ1n) is 5.27. The standard InChI is InChI=1S/C10H16N4O/c1-8(14-7-9(11)6-12-14)10(15)13-4-2-3-5-13/h6-8H,2-5,11H2,1H3/t8-/m1/s1. The summed E-state index contributed by atoms with van der Waals surface area (Å²) >= 11 is 0. The summed E-state index contributed by atoms with van der Waals surface area (Å²) < 4.78 is 1.62. The minimum Gasteiger partial charge on any atom is -0.396 e. The number of rotatable bonds is 2. The van der Waals surface area contributed by atoms with Crippen molar-refractivity contribution in [3.05, 3.63) is 12.4 Å². The molecule has 1 aromatic rings. The van der Waals surface area contributed by atoms with E-state index in [9.17, 15) is 4.79 Å². The number of carbonyl (C=O) groups excluding carboxylic acids is 1. The Balaban J connectivity index is 2.06. The normalized spacial score (nSPS) is 18.1. The Labute approximate surface area is 88.8 Å². The van der Waals surface area contributed by atoms with Crippen molar-refractivity contribution in [2.24, 2.45) is 0 Å². The van der Waals surface area contributed by atoms with Crippen LogP contribution in [0.3, 0.4) is 0 Å². The van der Waals surface area contributed by atoms with Crippen LogP contribution in [0.1, 0.15) is 25.8 Å². The molecule has 0 aliphatic carbocycles. The Bertz CT molecular complexity index is 354. The highest BCUT2D eigenvalue weighted by molar-refractivity contribution is 5.80. The second-order valence-corrected chi connectivity index (χ2v) is 3.96. The van der Waals surface area contributed by atoms with E-state index in [1.54, 1.807) is 17.1 Å². The number of nitrogen functional groups attached to an aromatic ring is 1. The Kier molecular flexibility index (Phi) is 2.62. The summed E-state index contributed by atoms with van der Waals surface area (Å²) in [6.45, 7) is 3.60. The molecule has 0 aromatic carbocycles. The van der Waals surface area contributed by atoms with Gasteiger partial charge in [0.25, 0.3) is 0 Å². The number of nitrogens with two attached hydrogens (primary N) is 1. The molecule has 0 bridgehead atoms. The molecule has 1 aliphatic heterocycles. The summed E-state index contributed by atoms with van der Waals surface area (Å²) in [7, 11) is 0. The summed E-state index contributed by atoms with van der Waals surface area (Å²) in [4.78, 5) is 13.9. The maximum atomic E-state index is 12.0. The quantitative estimate of drug-likeness (QED) is 0.776. The highest BCUT2D eigenvalue weighted by Crippen LogP contribution is 2.15. The molecule has 5 heteroatoms. The fourth-order valence-corrected chi connectivity index (χ4v) is 1.88. The van der Waals surface area contributed by atoms with Gasteiger partial charge in [0, 0.05) is 19.3 Å². The van der Waals surface area contributed by atoms with E-state index in [0.717, 1.165) is 25.9 Å². The van der Waals surface area contributed by atoms with Crippen LogP contribution in [0.4, 0.5) is 5.69 Å². The van der Waals surface area contributed by atoms with Crippen molar-refractivity contribution in [2.45, 2.75) is 25.8 Å². The Morgan fingerprint density at radius 3 is 2.73 bits per heavy atom. The molecule has 15 heavy (non-hydrogen) atoms. The zero-order valence-electron chi connectivity index (χ0n) is 8.89. The van der Waals surface area contributed by atoms with Crippen LogP contribution in [0.25, 0.3) is 0 Å². The average Bonchev–Trinajstić information content (AvgIpc) is 2.85. The van der Waals surface area contributed by atoms with Gasteiger partial charge in [-0.25, -0.2) is 0 Å². The lowest BCUT2D eigenvalue weighted by Gasteiger charge is -2.20. The molecule has 0 saturated carbocycles. The Hall–Kier alpha value is -1.52. The van der Waals surface area contributed by atoms with Crippen LogP contribution < -0.4 is 5.73 Å². The van der Waals surface area contributed by atoms with Gasteiger partial charge in [-0.15, -0.1) is 0 Å². The molecule has 1 fully saturated rings. The zero-order chi connectivity index (χ0) is 10.8. The van der Waals surface area contributed by atoms with Crippen molar-refractivity contribution in [2.75, 3.05) is 18.8 Å². The third-order valence-corrected chi connectivity index (χ3v) is 2.79. The molecule has 0 radical (unpaired) electrons. The molecule has 1 saturated heterocycles. The number of hydrogen-bond donors (Lipinski definition) is 1. The first kappa shape index (κ1) is 10.0. The van der Waals surface area contributed by atoms with Crippen LogP contribution in [-0.4, -0.2) is 33.7 Å². The number of carbonyl (C=O) groups is 1. The van der Waals surface area contributed by atoms with Gasteiger partial charge < -0.3 is 10.6 Å². The van der Waals surface area contributed by atoms with Gasteiger partial charge in [0.15, 0.2) is 0 Å². The molecule has 1 aliphatic rings. The van der Waals surface area contributed by atoms with Gasteiger partial charge in [-0.3, -0.25) is 9.48 Å². The van der Waals surface area contributed by atoms with Crippen LogP contribution in [0.5, 0.6) is 0 Å². The van der Waals surface area contributed by atoms with Crippen molar-refractivity contribution in [3.8, 4) is 0 Å². The van der Waals surface area contributed by atoms with Gasteiger partial charge >= 0.3 is 0 Å². The highest BCUT2D eigenvalue weighted by atomic mass is 16.2. The third-order valence-electron chi connectivity index (χ3n) is 2.79. The van der Waals surface area contributed by atoms with Gasteiger partial charge in [0.1, 0.15) is 6.04 Å². The lowest BCUT2D eigenvalue weighted by molar-refractivity contribution is -0.133. The minimum atomic E-state index is -0.250. The zero-order valence-corrected chi connectivity index (χ0v) is 8.89. The minimum absolute atomic E-state index is 0.135. The van der Waals surface area contributed by atoms with Crippen molar-refractivity contribution < 1.29 is 4.79 Å². The summed E-state index contributed by atoms with van der Waals surface area (Å²) in [5, 5.41) is 4.05. The first-order chi connectivity index (χ1) is 7.18. The lowest BCUT2D eigenvalue weighted by Crippen LogP contribution is -2.34. The molecule has 0 spiro atoms. The maximum Gasteiger partial charge on any atom is 0.247 e. The van der Waals surface area contributed by atoms with E-state index in [-0.39, 0.29) is 11.9 Å². The van der Waals surface area contributed by atoms with Crippen molar-refractivity contribution >= 4 is 11.6 Å². The topological polar surface area (TPSA) is 64.2 Å². The summed E-state index contributed by atoms with van der Waals surface area (Å²) in [6, 6.07) is -0.250. The number of nitrogens with zero attached hydrogens (tertiary/aromatic N) is 3. The monoisotopic (exact) mass is 208 g/mol. The van der Waals surface area contributed by atoms with Crippen LogP contribution >= 0.6 is 0 Å². The molecule has 2 N–H and O–H groups in total. The Morgan fingerprint density at radius 2 is 2.20 bits per heavy atom. The SMILES string of the molecule is C[C@H](C(=O)N1CCCC1)n1cc(N)cn1. The molecular formula is C10H16N4O. The van der Waals surface area contributed by atoms with E-state index < -0.39 is 0 Å². The number of anilines is 1. The number of hydrogen-bond acceptors (Lipinski definition) is 3. The molecule has 2 rings (SSSR count). The fraction of sp³-hybridized carbons (Fsp3) is 0.600. The summed E-state index contributed by atoms with van der Waals surface area (Å²) in [5.41, 5.74) is 6.16. The van der Waals surface area contributed by atoms with E-state index in [1.165, 1.54) is 0 Å². The largest absolute Gasteiger partial charge is 0.396 e. The third kappa shape index (κ3) is 1.95. The van der Waals surface area contributed by atoms with Crippen LogP contribution in [0.15, 0.2) is 12.4 Å². The van der Waals surface area contributed by atoms with Gasteiger partial charge in [0.05, 0.1) is 11.9 Å². The predicted molar refractivity (Wildman–Crippen MR) is 57.2 cm³/mol. The van der Waals surface area contributed by atoms with E-state index >= 15 is 0 Å². The van der Waals surface area contributed by atoms with E-state index in [1.807, 2.05) is 11.8 Å². The van der Waals surface area contributed by atoms with Gasteiger partial charge in [-0.2, -0.15) is 5.10 Å². The smallest absolute Gasteiger partial charge is 0.247 e. The molecule has 5 nitrogen and oxygen atoms in total. The molecule has 82 valence electrons. The summed E-state index contributed by atoms with van der Waals surface area (Å²) in [5.74, 6) is 0.135. The Morgan fingerprint density at radius 1 is 1.53 bits per heavy atom. The predicted octanol–water partition coefficient (Wildman–Crippen LogP) is 0.649. The van der Waals surface area contributed by atoms with Crippen molar-refractivity contribution in [1.82, 2.24) is 14.7 Å². The van der Waals surface area contributed by atoms with Crippen molar-refractivity contribution in [3.63, 3.8) is 0 Å². The molecular weight excluding hydrogens is 192 g/mol. The lowest BCUT2D eigenvalue weighted by atomic mass is 10.3. The van der Waals surface area contributed by atoms with Gasteiger partial charge in [-0.05, 0) is 19.8 Å². The van der Waals surface area contributed by atoms with Crippen LogP contribution in [0, 0.1) is 0 Å². The summed E-state index contributed by atoms with van der Waals surface area (Å²) in [6.07, 6.45) is 5.48. The second-order valence-electron chi connectivity index (χ2n) is 3.96. The molecule has 1 atom stereocenters. The maximum absolute atomic E-state index is 12.0. The fourth-order valence-electron chi connectivity index (χ4n) is 1.88. The number of aromatic nitrogens is 2. The van der Waals surface area contributed by atoms with Crippen molar-refractivity contribution in [1.29, 1.82) is 0 Å². The number of amides is 1. The molecule has 2 heterocycles. The highest BCUT2D eigenvalue weighted by Gasteiger charge is 2.24. The van der Waals surface area contributed by atoms with Gasteiger partial charge in [-0.1, -0.05) is 0 Å². The van der Waals surface area contributed by atoms with E-state index in [4.69, 9.17) is 5.73 Å². The molecule has 1 aromatic heterocycles.